The maximum absolute atomic E-state index is 11.8. The van der Waals surface area contributed by atoms with Gasteiger partial charge in [-0.3, -0.25) is 9.69 Å². The van der Waals surface area contributed by atoms with Crippen LogP contribution in [-0.2, 0) is 4.79 Å². The molecule has 1 N–H and O–H groups in total. The molecular formula is C16H24N2O. The summed E-state index contributed by atoms with van der Waals surface area (Å²) in [7, 11) is 0. The molecule has 2 rings (SSSR count). The number of carbonyl (C=O) groups is 1. The van der Waals surface area contributed by atoms with Gasteiger partial charge in [0, 0.05) is 25.6 Å². The minimum absolute atomic E-state index is 0.167. The van der Waals surface area contributed by atoms with Crippen LogP contribution in [0.5, 0.6) is 0 Å². The maximum atomic E-state index is 11.8. The van der Waals surface area contributed by atoms with E-state index in [1.807, 2.05) is 6.07 Å². The molecule has 1 aliphatic rings. The van der Waals surface area contributed by atoms with Gasteiger partial charge in [-0.1, -0.05) is 44.2 Å². The van der Waals surface area contributed by atoms with Gasteiger partial charge < -0.3 is 5.32 Å². The maximum Gasteiger partial charge on any atom is 0.221 e. The van der Waals surface area contributed by atoms with Gasteiger partial charge in [-0.05, 0) is 24.4 Å². The molecule has 1 amide bonds. The Morgan fingerprint density at radius 3 is 2.74 bits per heavy atom. The zero-order valence-electron chi connectivity index (χ0n) is 11.9. The summed E-state index contributed by atoms with van der Waals surface area (Å²) in [5, 5.41) is 2.98. The van der Waals surface area contributed by atoms with Gasteiger partial charge in [0.15, 0.2) is 0 Å². The second-order valence-corrected chi connectivity index (χ2v) is 5.70. The van der Waals surface area contributed by atoms with E-state index in [1.165, 1.54) is 12.0 Å². The third-order valence-electron chi connectivity index (χ3n) is 3.72. The Bertz CT molecular complexity index is 402. The van der Waals surface area contributed by atoms with Crippen molar-refractivity contribution in [1.29, 1.82) is 0 Å². The standard InChI is InChI=1S/C16H24N2O/c1-13(2)8-10-18-11-9-17-16(19)12-15(18)14-6-4-3-5-7-14/h3-7,13,15H,8-12H2,1-2H3,(H,17,19)/t15-/m0/s1. The highest BCUT2D eigenvalue weighted by Gasteiger charge is 2.25. The van der Waals surface area contributed by atoms with Crippen molar-refractivity contribution >= 4 is 5.91 Å². The van der Waals surface area contributed by atoms with E-state index in [2.05, 4.69) is 48.3 Å². The predicted molar refractivity (Wildman–Crippen MR) is 77.8 cm³/mol. The average Bonchev–Trinajstić information content (AvgIpc) is 2.59. The molecule has 1 saturated heterocycles. The minimum Gasteiger partial charge on any atom is -0.355 e. The Balaban J connectivity index is 2.14. The largest absolute Gasteiger partial charge is 0.355 e. The first-order valence-corrected chi connectivity index (χ1v) is 7.22. The molecule has 104 valence electrons. The third kappa shape index (κ3) is 4.06. The first kappa shape index (κ1) is 14.1. The van der Waals surface area contributed by atoms with Gasteiger partial charge >= 0.3 is 0 Å². The predicted octanol–water partition coefficient (Wildman–Crippen LogP) is 2.60. The van der Waals surface area contributed by atoms with E-state index < -0.39 is 0 Å². The van der Waals surface area contributed by atoms with Crippen LogP contribution in [0.15, 0.2) is 30.3 Å². The normalized spacial score (nSPS) is 21.2. The molecule has 1 atom stereocenters. The monoisotopic (exact) mass is 260 g/mol. The smallest absolute Gasteiger partial charge is 0.221 e. The molecule has 0 bridgehead atoms. The van der Waals surface area contributed by atoms with E-state index >= 15 is 0 Å². The summed E-state index contributed by atoms with van der Waals surface area (Å²) in [4.78, 5) is 14.3. The lowest BCUT2D eigenvalue weighted by Crippen LogP contribution is -2.32. The molecule has 3 heteroatoms. The molecule has 19 heavy (non-hydrogen) atoms. The molecule has 1 fully saturated rings. The highest BCUT2D eigenvalue weighted by atomic mass is 16.1. The number of benzene rings is 1. The van der Waals surface area contributed by atoms with Gasteiger partial charge in [-0.15, -0.1) is 0 Å². The molecule has 1 aromatic rings. The second-order valence-electron chi connectivity index (χ2n) is 5.70. The van der Waals surface area contributed by atoms with E-state index in [0.29, 0.717) is 12.3 Å². The Labute approximate surface area is 116 Å². The van der Waals surface area contributed by atoms with E-state index in [-0.39, 0.29) is 11.9 Å². The summed E-state index contributed by atoms with van der Waals surface area (Å²) in [5.41, 5.74) is 1.25. The first-order chi connectivity index (χ1) is 9.16. The van der Waals surface area contributed by atoms with Gasteiger partial charge in [0.05, 0.1) is 0 Å². The van der Waals surface area contributed by atoms with E-state index in [4.69, 9.17) is 0 Å². The number of hydrogen-bond acceptors (Lipinski definition) is 2. The van der Waals surface area contributed by atoms with E-state index in [9.17, 15) is 4.79 Å². The van der Waals surface area contributed by atoms with Gasteiger partial charge in [0.1, 0.15) is 0 Å². The van der Waals surface area contributed by atoms with Crippen LogP contribution in [-0.4, -0.2) is 30.4 Å². The van der Waals surface area contributed by atoms with Crippen LogP contribution < -0.4 is 5.32 Å². The van der Waals surface area contributed by atoms with E-state index in [1.54, 1.807) is 0 Å². The molecule has 1 aliphatic heterocycles. The molecule has 0 aliphatic carbocycles. The van der Waals surface area contributed by atoms with Crippen molar-refractivity contribution in [2.24, 2.45) is 5.92 Å². The van der Waals surface area contributed by atoms with Crippen molar-refractivity contribution in [3.63, 3.8) is 0 Å². The molecule has 1 heterocycles. The SMILES string of the molecule is CC(C)CCN1CCNC(=O)C[C@H]1c1ccccc1. The number of carbonyl (C=O) groups excluding carboxylic acids is 1. The number of amides is 1. The summed E-state index contributed by atoms with van der Waals surface area (Å²) in [5.74, 6) is 0.865. The fourth-order valence-corrected chi connectivity index (χ4v) is 2.57. The highest BCUT2D eigenvalue weighted by Crippen LogP contribution is 2.26. The van der Waals surface area contributed by atoms with Crippen LogP contribution in [0.2, 0.25) is 0 Å². The van der Waals surface area contributed by atoms with Crippen LogP contribution in [0, 0.1) is 5.92 Å². The summed E-state index contributed by atoms with van der Waals surface area (Å²) >= 11 is 0. The van der Waals surface area contributed by atoms with E-state index in [0.717, 1.165) is 19.6 Å². The summed E-state index contributed by atoms with van der Waals surface area (Å²) < 4.78 is 0. The van der Waals surface area contributed by atoms with Gasteiger partial charge in [0.25, 0.3) is 0 Å². The van der Waals surface area contributed by atoms with Crippen molar-refractivity contribution in [2.75, 3.05) is 19.6 Å². The molecule has 0 radical (unpaired) electrons. The lowest BCUT2D eigenvalue weighted by molar-refractivity contribution is -0.121. The van der Waals surface area contributed by atoms with Crippen molar-refractivity contribution in [3.05, 3.63) is 35.9 Å². The molecule has 0 saturated carbocycles. The zero-order valence-corrected chi connectivity index (χ0v) is 11.9. The Kier molecular flexibility index (Phi) is 4.97. The molecule has 3 nitrogen and oxygen atoms in total. The minimum atomic E-state index is 0.167. The molecule has 1 aromatic carbocycles. The lowest BCUT2D eigenvalue weighted by atomic mass is 10.0. The average molecular weight is 260 g/mol. The quantitative estimate of drug-likeness (QED) is 0.902. The first-order valence-electron chi connectivity index (χ1n) is 7.22. The highest BCUT2D eigenvalue weighted by molar-refractivity contribution is 5.77. The topological polar surface area (TPSA) is 32.3 Å². The van der Waals surface area contributed by atoms with Crippen LogP contribution in [0.1, 0.15) is 38.3 Å². The Morgan fingerprint density at radius 2 is 2.05 bits per heavy atom. The van der Waals surface area contributed by atoms with Gasteiger partial charge in [-0.25, -0.2) is 0 Å². The fourth-order valence-electron chi connectivity index (χ4n) is 2.57. The zero-order chi connectivity index (χ0) is 13.7. The van der Waals surface area contributed by atoms with Crippen LogP contribution >= 0.6 is 0 Å². The summed E-state index contributed by atoms with van der Waals surface area (Å²) in [6.45, 7) is 7.27. The van der Waals surface area contributed by atoms with Crippen LogP contribution in [0.25, 0.3) is 0 Å². The molecule has 0 unspecified atom stereocenters. The lowest BCUT2D eigenvalue weighted by Gasteiger charge is -2.29. The fraction of sp³-hybridized carbons (Fsp3) is 0.562. The van der Waals surface area contributed by atoms with Crippen LogP contribution in [0.4, 0.5) is 0 Å². The molecular weight excluding hydrogens is 236 g/mol. The van der Waals surface area contributed by atoms with Crippen molar-refractivity contribution in [2.45, 2.75) is 32.7 Å². The summed E-state index contributed by atoms with van der Waals surface area (Å²) in [6.07, 6.45) is 1.75. The Hall–Kier alpha value is -1.35. The van der Waals surface area contributed by atoms with Crippen molar-refractivity contribution in [1.82, 2.24) is 10.2 Å². The molecule has 0 spiro atoms. The number of rotatable bonds is 4. The Morgan fingerprint density at radius 1 is 1.32 bits per heavy atom. The number of hydrogen-bond donors (Lipinski definition) is 1. The number of nitrogens with one attached hydrogen (secondary N) is 1. The van der Waals surface area contributed by atoms with Gasteiger partial charge in [0.2, 0.25) is 5.91 Å². The van der Waals surface area contributed by atoms with Crippen molar-refractivity contribution in [3.8, 4) is 0 Å². The van der Waals surface area contributed by atoms with Crippen molar-refractivity contribution < 1.29 is 4.79 Å². The van der Waals surface area contributed by atoms with Crippen LogP contribution in [0.3, 0.4) is 0 Å². The second kappa shape index (κ2) is 6.71. The van der Waals surface area contributed by atoms with Gasteiger partial charge in [-0.2, -0.15) is 0 Å². The number of nitrogens with zero attached hydrogens (tertiary/aromatic N) is 1. The third-order valence-corrected chi connectivity index (χ3v) is 3.72. The molecule has 0 aromatic heterocycles. The summed E-state index contributed by atoms with van der Waals surface area (Å²) in [6, 6.07) is 10.6.